The Kier molecular flexibility index (Phi) is 4.40. The minimum absolute atomic E-state index is 0.443. The molecule has 0 heterocycles. The summed E-state index contributed by atoms with van der Waals surface area (Å²) >= 11 is 11.7. The molecule has 86 valence electrons. The maximum atomic E-state index is 9.07. The summed E-state index contributed by atoms with van der Waals surface area (Å²) in [6.45, 7) is 6.11. The fourth-order valence-corrected chi connectivity index (χ4v) is 2.40. The van der Waals surface area contributed by atoms with E-state index in [-0.39, 0.29) is 0 Å². The molecule has 0 unspecified atom stereocenters. The van der Waals surface area contributed by atoms with Gasteiger partial charge >= 0.3 is 0 Å². The summed E-state index contributed by atoms with van der Waals surface area (Å²) < 4.78 is 5.74. The zero-order valence-electron chi connectivity index (χ0n) is 9.42. The van der Waals surface area contributed by atoms with Crippen molar-refractivity contribution < 1.29 is 4.43 Å². The molecule has 0 aliphatic carbocycles. The van der Waals surface area contributed by atoms with Gasteiger partial charge in [-0.3, -0.25) is 0 Å². The minimum Gasteiger partial charge on any atom is -0.399 e. The highest BCUT2D eigenvalue weighted by molar-refractivity contribution is 6.69. The lowest BCUT2D eigenvalue weighted by Crippen LogP contribution is -2.27. The minimum atomic E-state index is -1.75. The largest absolute Gasteiger partial charge is 0.399 e. The van der Waals surface area contributed by atoms with Gasteiger partial charge in [-0.25, -0.2) is 0 Å². The molecule has 0 aliphatic heterocycles. The van der Waals surface area contributed by atoms with Crippen molar-refractivity contribution >= 4 is 31.5 Å². The molecule has 1 aromatic rings. The van der Waals surface area contributed by atoms with Crippen molar-refractivity contribution in [1.29, 1.82) is 5.26 Å². The summed E-state index contributed by atoms with van der Waals surface area (Å²) in [5.74, 6) is 0. The van der Waals surface area contributed by atoms with Gasteiger partial charge in [-0.15, -0.1) is 0 Å². The Morgan fingerprint density at radius 3 is 2.31 bits per heavy atom. The molecule has 0 radical (unpaired) electrons. The second-order valence-electron chi connectivity index (χ2n) is 4.41. The lowest BCUT2D eigenvalue weighted by atomic mass is 10.1. The third kappa shape index (κ3) is 3.80. The average Bonchev–Trinajstić information content (AvgIpc) is 2.17. The summed E-state index contributed by atoms with van der Waals surface area (Å²) in [5.41, 5.74) is 0.749. The van der Waals surface area contributed by atoms with E-state index in [9.17, 15) is 0 Å². The molecule has 0 aliphatic rings. The van der Waals surface area contributed by atoms with Crippen LogP contribution in [0.15, 0.2) is 18.2 Å². The van der Waals surface area contributed by atoms with Gasteiger partial charge in [0.25, 0.3) is 0 Å². The van der Waals surface area contributed by atoms with Crippen molar-refractivity contribution in [3.8, 4) is 6.07 Å². The Balaban J connectivity index is 2.97. The van der Waals surface area contributed by atoms with Gasteiger partial charge in [0, 0.05) is 0 Å². The van der Waals surface area contributed by atoms with Crippen LogP contribution in [-0.4, -0.2) is 8.32 Å². The van der Waals surface area contributed by atoms with Crippen molar-refractivity contribution in [2.24, 2.45) is 0 Å². The van der Waals surface area contributed by atoms with Crippen molar-refractivity contribution in [3.05, 3.63) is 33.8 Å². The molecule has 5 heteroatoms. The summed E-state index contributed by atoms with van der Waals surface area (Å²) in [7, 11) is -1.75. The summed E-state index contributed by atoms with van der Waals surface area (Å²) in [5, 5.41) is 10.00. The predicted molar refractivity (Wildman–Crippen MR) is 69.2 cm³/mol. The number of nitrogens with zero attached hydrogens (tertiary/aromatic N) is 1. The first-order valence-electron chi connectivity index (χ1n) is 4.86. The topological polar surface area (TPSA) is 33.0 Å². The average molecular weight is 274 g/mol. The van der Waals surface area contributed by atoms with E-state index in [0.717, 1.165) is 5.56 Å². The van der Waals surface area contributed by atoms with E-state index in [0.29, 0.717) is 10.0 Å². The van der Waals surface area contributed by atoms with Crippen molar-refractivity contribution in [2.45, 2.75) is 25.7 Å². The van der Waals surface area contributed by atoms with Crippen LogP contribution in [0.5, 0.6) is 0 Å². The van der Waals surface area contributed by atoms with Gasteiger partial charge in [-0.2, -0.15) is 5.26 Å². The fraction of sp³-hybridized carbons (Fsp3) is 0.364. The maximum Gasteiger partial charge on any atom is 0.186 e. The highest BCUT2D eigenvalue weighted by Crippen LogP contribution is 2.28. The summed E-state index contributed by atoms with van der Waals surface area (Å²) in [4.78, 5) is 0. The Morgan fingerprint density at radius 2 is 1.88 bits per heavy atom. The number of rotatable bonds is 3. The lowest BCUT2D eigenvalue weighted by molar-refractivity contribution is 0.255. The molecule has 1 aromatic carbocycles. The number of halogens is 2. The van der Waals surface area contributed by atoms with Gasteiger partial charge in [0.05, 0.1) is 16.1 Å². The molecular formula is C11H13Cl2NOSi. The van der Waals surface area contributed by atoms with Crippen molar-refractivity contribution in [3.63, 3.8) is 0 Å². The summed E-state index contributed by atoms with van der Waals surface area (Å²) in [6.07, 6.45) is -0.568. The normalized spacial score (nSPS) is 13.2. The molecule has 0 saturated heterocycles. The first kappa shape index (κ1) is 13.5. The standard InChI is InChI=1S/C11H13Cl2NOSi/c1-16(2,3)15-11(7-14)8-4-5-9(12)10(13)6-8/h4-6,11H,1-3H3/t11-/m1/s1. The van der Waals surface area contributed by atoms with Crippen molar-refractivity contribution in [1.82, 2.24) is 0 Å². The quantitative estimate of drug-likeness (QED) is 0.765. The van der Waals surface area contributed by atoms with Crippen LogP contribution in [0.2, 0.25) is 29.7 Å². The Hall–Kier alpha value is -0.533. The van der Waals surface area contributed by atoms with Gasteiger partial charge in [0.1, 0.15) is 0 Å². The molecule has 0 saturated carbocycles. The SMILES string of the molecule is C[Si](C)(C)O[C@H](C#N)c1ccc(Cl)c(Cl)c1. The number of nitriles is 1. The number of hydrogen-bond donors (Lipinski definition) is 0. The summed E-state index contributed by atoms with van der Waals surface area (Å²) in [6, 6.07) is 7.25. The van der Waals surface area contributed by atoms with E-state index >= 15 is 0 Å². The van der Waals surface area contributed by atoms with Crippen LogP contribution in [-0.2, 0) is 4.43 Å². The second kappa shape index (κ2) is 5.20. The van der Waals surface area contributed by atoms with Crippen LogP contribution in [0.4, 0.5) is 0 Å². The van der Waals surface area contributed by atoms with Crippen LogP contribution >= 0.6 is 23.2 Å². The predicted octanol–water partition coefficient (Wildman–Crippen LogP) is 4.41. The number of hydrogen-bond acceptors (Lipinski definition) is 2. The van der Waals surface area contributed by atoms with Crippen molar-refractivity contribution in [2.75, 3.05) is 0 Å². The zero-order chi connectivity index (χ0) is 12.3. The Bertz CT molecular complexity index is 423. The molecule has 0 bridgehead atoms. The molecular weight excluding hydrogens is 261 g/mol. The van der Waals surface area contributed by atoms with Crippen LogP contribution in [0.25, 0.3) is 0 Å². The van der Waals surface area contributed by atoms with E-state index in [4.69, 9.17) is 32.9 Å². The first-order valence-corrected chi connectivity index (χ1v) is 9.02. The van der Waals surface area contributed by atoms with E-state index in [1.165, 1.54) is 0 Å². The van der Waals surface area contributed by atoms with Crippen LogP contribution in [0, 0.1) is 11.3 Å². The number of benzene rings is 1. The fourth-order valence-electron chi connectivity index (χ4n) is 1.20. The highest BCUT2D eigenvalue weighted by atomic mass is 35.5. The van der Waals surface area contributed by atoms with E-state index < -0.39 is 14.4 Å². The van der Waals surface area contributed by atoms with Crippen LogP contribution < -0.4 is 0 Å². The zero-order valence-corrected chi connectivity index (χ0v) is 11.9. The molecule has 16 heavy (non-hydrogen) atoms. The third-order valence-corrected chi connectivity index (χ3v) is 3.52. The molecule has 0 aromatic heterocycles. The molecule has 0 fully saturated rings. The van der Waals surface area contributed by atoms with Gasteiger partial charge in [0.15, 0.2) is 14.4 Å². The van der Waals surface area contributed by atoms with E-state index in [1.54, 1.807) is 18.2 Å². The van der Waals surface area contributed by atoms with Gasteiger partial charge < -0.3 is 4.43 Å². The first-order chi connectivity index (χ1) is 7.33. The maximum absolute atomic E-state index is 9.07. The van der Waals surface area contributed by atoms with Crippen LogP contribution in [0.3, 0.4) is 0 Å². The highest BCUT2D eigenvalue weighted by Gasteiger charge is 2.22. The molecule has 0 spiro atoms. The van der Waals surface area contributed by atoms with E-state index in [1.807, 2.05) is 19.6 Å². The monoisotopic (exact) mass is 273 g/mol. The Labute approximate surface area is 107 Å². The third-order valence-electron chi connectivity index (χ3n) is 1.84. The smallest absolute Gasteiger partial charge is 0.186 e. The van der Waals surface area contributed by atoms with Crippen LogP contribution in [0.1, 0.15) is 11.7 Å². The molecule has 1 rings (SSSR count). The van der Waals surface area contributed by atoms with Gasteiger partial charge in [0.2, 0.25) is 0 Å². The Morgan fingerprint density at radius 1 is 1.25 bits per heavy atom. The van der Waals surface area contributed by atoms with E-state index in [2.05, 4.69) is 6.07 Å². The van der Waals surface area contributed by atoms with Gasteiger partial charge in [-0.1, -0.05) is 29.3 Å². The lowest BCUT2D eigenvalue weighted by Gasteiger charge is -2.22. The second-order valence-corrected chi connectivity index (χ2v) is 9.69. The molecule has 0 N–H and O–H groups in total. The molecule has 0 amide bonds. The molecule has 1 atom stereocenters. The molecule has 2 nitrogen and oxygen atoms in total. The van der Waals surface area contributed by atoms with Gasteiger partial charge in [-0.05, 0) is 37.3 Å².